The van der Waals surface area contributed by atoms with Crippen LogP contribution in [0.2, 0.25) is 0 Å². The number of carboxylic acids is 1. The standard InChI is InChI=1S/C23H14BrNO6S/c24-16-6-4-13(5-7-16)18(26)12-25-21(27)20(32-23(25)30)11-17-8-9-19(31-17)14-2-1-3-15(10-14)22(28)29/h1-11H,12H2,(H,28,29)/b20-11+. The summed E-state index contributed by atoms with van der Waals surface area (Å²) in [6.45, 7) is -0.352. The average molecular weight is 512 g/mol. The van der Waals surface area contributed by atoms with Gasteiger partial charge in [0.15, 0.2) is 5.78 Å². The summed E-state index contributed by atoms with van der Waals surface area (Å²) in [5.74, 6) is -1.23. The minimum Gasteiger partial charge on any atom is -0.478 e. The third kappa shape index (κ3) is 4.58. The first kappa shape index (κ1) is 21.8. The second-order valence-electron chi connectivity index (χ2n) is 6.79. The van der Waals surface area contributed by atoms with E-state index in [0.29, 0.717) is 22.6 Å². The van der Waals surface area contributed by atoms with Crippen LogP contribution in [-0.2, 0) is 4.79 Å². The van der Waals surface area contributed by atoms with Crippen LogP contribution in [-0.4, -0.2) is 39.5 Å². The Morgan fingerprint density at radius 2 is 1.78 bits per heavy atom. The number of benzene rings is 2. The number of thioether (sulfide) groups is 1. The maximum atomic E-state index is 12.7. The molecule has 2 amide bonds. The van der Waals surface area contributed by atoms with E-state index in [1.165, 1.54) is 18.2 Å². The monoisotopic (exact) mass is 511 g/mol. The highest BCUT2D eigenvalue weighted by molar-refractivity contribution is 9.10. The molecule has 1 aromatic heterocycles. The Morgan fingerprint density at radius 3 is 2.50 bits per heavy atom. The molecule has 2 aromatic carbocycles. The molecule has 1 fully saturated rings. The molecule has 3 aromatic rings. The number of imide groups is 1. The lowest BCUT2D eigenvalue weighted by Gasteiger charge is -2.11. The molecule has 0 aliphatic carbocycles. The minimum atomic E-state index is -1.05. The Hall–Kier alpha value is -3.43. The number of furan rings is 1. The molecule has 1 aliphatic rings. The molecule has 0 atom stereocenters. The third-order valence-corrected chi connectivity index (χ3v) is 6.07. The lowest BCUT2D eigenvalue weighted by atomic mass is 10.1. The van der Waals surface area contributed by atoms with E-state index in [1.54, 1.807) is 48.5 Å². The molecular formula is C23H14BrNO6S. The number of hydrogen-bond donors (Lipinski definition) is 1. The van der Waals surface area contributed by atoms with Crippen LogP contribution in [0.25, 0.3) is 17.4 Å². The van der Waals surface area contributed by atoms with Crippen molar-refractivity contribution in [3.8, 4) is 11.3 Å². The molecule has 1 aliphatic heterocycles. The summed E-state index contributed by atoms with van der Waals surface area (Å²) in [7, 11) is 0. The highest BCUT2D eigenvalue weighted by Gasteiger charge is 2.36. The quantitative estimate of drug-likeness (QED) is 0.352. The zero-order valence-corrected chi connectivity index (χ0v) is 18.7. The van der Waals surface area contributed by atoms with E-state index in [9.17, 15) is 19.2 Å². The molecule has 9 heteroatoms. The second kappa shape index (κ2) is 8.97. The lowest BCUT2D eigenvalue weighted by molar-refractivity contribution is -0.122. The van der Waals surface area contributed by atoms with Gasteiger partial charge in [0.25, 0.3) is 11.1 Å². The van der Waals surface area contributed by atoms with Gasteiger partial charge < -0.3 is 9.52 Å². The molecule has 7 nitrogen and oxygen atoms in total. The second-order valence-corrected chi connectivity index (χ2v) is 8.69. The Balaban J connectivity index is 1.51. The molecule has 0 bridgehead atoms. The van der Waals surface area contributed by atoms with Crippen molar-refractivity contribution in [3.05, 3.63) is 86.9 Å². The van der Waals surface area contributed by atoms with Gasteiger partial charge in [-0.05, 0) is 48.2 Å². The number of Topliss-reactive ketones (excluding diaryl/α,β-unsaturated/α-hetero) is 1. The van der Waals surface area contributed by atoms with Crippen LogP contribution in [0.5, 0.6) is 0 Å². The molecule has 32 heavy (non-hydrogen) atoms. The molecule has 4 rings (SSSR count). The largest absolute Gasteiger partial charge is 0.478 e. The molecule has 0 radical (unpaired) electrons. The maximum Gasteiger partial charge on any atom is 0.335 e. The minimum absolute atomic E-state index is 0.122. The summed E-state index contributed by atoms with van der Waals surface area (Å²) >= 11 is 4.02. The Labute approximate surface area is 194 Å². The number of carbonyl (C=O) groups is 4. The zero-order valence-electron chi connectivity index (χ0n) is 16.3. The molecule has 2 heterocycles. The number of aromatic carboxylic acids is 1. The summed E-state index contributed by atoms with van der Waals surface area (Å²) in [5, 5.41) is 8.60. The van der Waals surface area contributed by atoms with Crippen molar-refractivity contribution in [1.82, 2.24) is 4.90 Å². The number of hydrogen-bond acceptors (Lipinski definition) is 6. The highest BCUT2D eigenvalue weighted by atomic mass is 79.9. The van der Waals surface area contributed by atoms with Crippen molar-refractivity contribution >= 4 is 56.7 Å². The Morgan fingerprint density at radius 1 is 1.03 bits per heavy atom. The highest BCUT2D eigenvalue weighted by Crippen LogP contribution is 2.33. The number of halogens is 1. The van der Waals surface area contributed by atoms with Crippen LogP contribution < -0.4 is 0 Å². The predicted molar refractivity (Wildman–Crippen MR) is 122 cm³/mol. The lowest BCUT2D eigenvalue weighted by Crippen LogP contribution is -2.33. The summed E-state index contributed by atoms with van der Waals surface area (Å²) in [5.41, 5.74) is 1.09. The van der Waals surface area contributed by atoms with Gasteiger partial charge in [0.05, 0.1) is 17.0 Å². The van der Waals surface area contributed by atoms with E-state index in [0.717, 1.165) is 21.1 Å². The molecule has 1 saturated heterocycles. The van der Waals surface area contributed by atoms with Gasteiger partial charge in [0.1, 0.15) is 11.5 Å². The van der Waals surface area contributed by atoms with Gasteiger partial charge in [-0.1, -0.05) is 40.2 Å². The van der Waals surface area contributed by atoms with E-state index >= 15 is 0 Å². The summed E-state index contributed by atoms with van der Waals surface area (Å²) < 4.78 is 6.53. The number of amides is 2. The van der Waals surface area contributed by atoms with Gasteiger partial charge in [-0.15, -0.1) is 0 Å². The van der Waals surface area contributed by atoms with E-state index in [4.69, 9.17) is 9.52 Å². The molecule has 0 spiro atoms. The number of ketones is 1. The van der Waals surface area contributed by atoms with Gasteiger partial charge in [-0.3, -0.25) is 19.3 Å². The van der Waals surface area contributed by atoms with E-state index in [-0.39, 0.29) is 22.8 Å². The van der Waals surface area contributed by atoms with Gasteiger partial charge in [-0.25, -0.2) is 4.79 Å². The average Bonchev–Trinajstić information content (AvgIpc) is 3.34. The van der Waals surface area contributed by atoms with Crippen LogP contribution in [0.3, 0.4) is 0 Å². The number of carboxylic acid groups (broad SMARTS) is 1. The Bertz CT molecular complexity index is 1280. The normalized spacial score (nSPS) is 14.9. The summed E-state index contributed by atoms with van der Waals surface area (Å²) in [4.78, 5) is 49.7. The smallest absolute Gasteiger partial charge is 0.335 e. The fourth-order valence-electron chi connectivity index (χ4n) is 3.03. The van der Waals surface area contributed by atoms with Crippen LogP contribution in [0.1, 0.15) is 26.5 Å². The fraction of sp³-hybridized carbons (Fsp3) is 0.0435. The van der Waals surface area contributed by atoms with Crippen molar-refractivity contribution in [2.45, 2.75) is 0 Å². The summed E-state index contributed by atoms with van der Waals surface area (Å²) in [6.07, 6.45) is 1.43. The van der Waals surface area contributed by atoms with E-state index in [1.807, 2.05) is 0 Å². The molecular weight excluding hydrogens is 498 g/mol. The summed E-state index contributed by atoms with van der Waals surface area (Å²) in [6, 6.07) is 16.2. The van der Waals surface area contributed by atoms with Crippen molar-refractivity contribution in [2.75, 3.05) is 6.54 Å². The predicted octanol–water partition coefficient (Wildman–Crippen LogP) is 5.33. The van der Waals surface area contributed by atoms with Crippen LogP contribution >= 0.6 is 27.7 Å². The van der Waals surface area contributed by atoms with Gasteiger partial charge in [0.2, 0.25) is 0 Å². The number of carbonyl (C=O) groups excluding carboxylic acids is 3. The fourth-order valence-corrected chi connectivity index (χ4v) is 4.11. The molecule has 1 N–H and O–H groups in total. The zero-order chi connectivity index (χ0) is 22.8. The first-order valence-electron chi connectivity index (χ1n) is 9.29. The van der Waals surface area contributed by atoms with Gasteiger partial charge in [0, 0.05) is 21.7 Å². The molecule has 0 saturated carbocycles. The molecule has 0 unspecified atom stereocenters. The van der Waals surface area contributed by atoms with Crippen LogP contribution in [0.4, 0.5) is 4.79 Å². The van der Waals surface area contributed by atoms with Gasteiger partial charge in [-0.2, -0.15) is 0 Å². The third-order valence-electron chi connectivity index (χ3n) is 4.64. The molecule has 160 valence electrons. The van der Waals surface area contributed by atoms with Crippen molar-refractivity contribution in [2.24, 2.45) is 0 Å². The SMILES string of the molecule is O=C(O)c1cccc(-c2ccc(/C=C3/SC(=O)N(CC(=O)c4ccc(Br)cc4)C3=O)o2)c1. The van der Waals surface area contributed by atoms with Gasteiger partial charge >= 0.3 is 5.97 Å². The van der Waals surface area contributed by atoms with Crippen molar-refractivity contribution in [1.29, 1.82) is 0 Å². The van der Waals surface area contributed by atoms with Crippen molar-refractivity contribution < 1.29 is 28.7 Å². The van der Waals surface area contributed by atoms with E-state index < -0.39 is 17.1 Å². The maximum absolute atomic E-state index is 12.7. The van der Waals surface area contributed by atoms with E-state index in [2.05, 4.69) is 15.9 Å². The Kier molecular flexibility index (Phi) is 6.11. The first-order valence-corrected chi connectivity index (χ1v) is 10.9. The van der Waals surface area contributed by atoms with Crippen LogP contribution in [0.15, 0.2) is 74.5 Å². The van der Waals surface area contributed by atoms with Crippen LogP contribution in [0, 0.1) is 0 Å². The number of rotatable bonds is 6. The number of nitrogens with zero attached hydrogens (tertiary/aromatic N) is 1. The first-order chi connectivity index (χ1) is 15.3. The topological polar surface area (TPSA) is 105 Å². The van der Waals surface area contributed by atoms with Crippen molar-refractivity contribution in [3.63, 3.8) is 0 Å².